The van der Waals surface area contributed by atoms with Crippen molar-refractivity contribution in [2.24, 2.45) is 0 Å². The van der Waals surface area contributed by atoms with E-state index in [1.54, 1.807) is 25.1 Å². The zero-order chi connectivity index (χ0) is 15.6. The first-order valence-corrected chi connectivity index (χ1v) is 6.55. The number of anilines is 1. The number of rotatable bonds is 5. The molecule has 1 aliphatic rings. The van der Waals surface area contributed by atoms with Gasteiger partial charge in [-0.25, -0.2) is 0 Å². The number of carbonyl (C=O) groups is 3. The monoisotopic (exact) mass is 291 g/mol. The van der Waals surface area contributed by atoms with Gasteiger partial charge in [0.15, 0.2) is 0 Å². The Morgan fingerprint density at radius 1 is 1.57 bits per heavy atom. The number of imide groups is 1. The van der Waals surface area contributed by atoms with Gasteiger partial charge in [-0.15, -0.1) is 0 Å². The first-order valence-electron chi connectivity index (χ1n) is 6.55. The third kappa shape index (κ3) is 2.87. The lowest BCUT2D eigenvalue weighted by atomic mass is 10.1. The summed E-state index contributed by atoms with van der Waals surface area (Å²) < 4.78 is 0. The molecule has 21 heavy (non-hydrogen) atoms. The fraction of sp³-hybridized carbons (Fsp3) is 0.357. The van der Waals surface area contributed by atoms with Gasteiger partial charge in [0.25, 0.3) is 5.91 Å². The van der Waals surface area contributed by atoms with Gasteiger partial charge in [-0.05, 0) is 19.1 Å². The molecular formula is C14H17N3O4. The SMILES string of the molecule is CC(C(O)CC(=O)NC=O)N1Cc2c(N)cccc2C1=O. The van der Waals surface area contributed by atoms with Crippen molar-refractivity contribution in [1.29, 1.82) is 0 Å². The summed E-state index contributed by atoms with van der Waals surface area (Å²) in [6.07, 6.45) is -1.06. The Bertz CT molecular complexity index is 588. The van der Waals surface area contributed by atoms with E-state index in [0.717, 1.165) is 5.56 Å². The Morgan fingerprint density at radius 2 is 2.29 bits per heavy atom. The maximum atomic E-state index is 12.3. The summed E-state index contributed by atoms with van der Waals surface area (Å²) in [5, 5.41) is 12.0. The number of fused-ring (bicyclic) bond motifs is 1. The molecule has 1 aromatic rings. The van der Waals surface area contributed by atoms with Crippen LogP contribution in [0.1, 0.15) is 29.3 Å². The van der Waals surface area contributed by atoms with Crippen LogP contribution in [0.5, 0.6) is 0 Å². The number of amides is 3. The van der Waals surface area contributed by atoms with Crippen molar-refractivity contribution < 1.29 is 19.5 Å². The fourth-order valence-electron chi connectivity index (χ4n) is 2.40. The zero-order valence-electron chi connectivity index (χ0n) is 11.6. The van der Waals surface area contributed by atoms with E-state index in [0.29, 0.717) is 17.8 Å². The summed E-state index contributed by atoms with van der Waals surface area (Å²) in [5.41, 5.74) is 7.63. The molecule has 7 nitrogen and oxygen atoms in total. The van der Waals surface area contributed by atoms with E-state index in [1.165, 1.54) is 4.90 Å². The molecule has 0 saturated heterocycles. The van der Waals surface area contributed by atoms with E-state index in [-0.39, 0.29) is 18.7 Å². The van der Waals surface area contributed by atoms with Crippen LogP contribution in [0.2, 0.25) is 0 Å². The summed E-state index contributed by atoms with van der Waals surface area (Å²) in [7, 11) is 0. The number of carbonyl (C=O) groups excluding carboxylic acids is 3. The largest absolute Gasteiger partial charge is 0.398 e. The molecule has 4 N–H and O–H groups in total. The van der Waals surface area contributed by atoms with Crippen molar-refractivity contribution in [2.45, 2.75) is 32.0 Å². The molecule has 3 amide bonds. The predicted molar refractivity (Wildman–Crippen MR) is 75.0 cm³/mol. The van der Waals surface area contributed by atoms with E-state index >= 15 is 0 Å². The van der Waals surface area contributed by atoms with Crippen molar-refractivity contribution in [2.75, 3.05) is 5.73 Å². The van der Waals surface area contributed by atoms with Crippen molar-refractivity contribution >= 4 is 23.9 Å². The number of hydrogen-bond donors (Lipinski definition) is 3. The van der Waals surface area contributed by atoms with Gasteiger partial charge in [-0.3, -0.25) is 19.7 Å². The van der Waals surface area contributed by atoms with Crippen LogP contribution in [-0.4, -0.2) is 40.4 Å². The van der Waals surface area contributed by atoms with Crippen molar-refractivity contribution in [3.8, 4) is 0 Å². The van der Waals surface area contributed by atoms with Gasteiger partial charge in [-0.1, -0.05) is 6.07 Å². The second-order valence-corrected chi connectivity index (χ2v) is 5.00. The molecule has 2 rings (SSSR count). The molecule has 1 aliphatic heterocycles. The number of nitrogens with two attached hydrogens (primary N) is 1. The molecule has 0 radical (unpaired) electrons. The van der Waals surface area contributed by atoms with E-state index in [9.17, 15) is 19.5 Å². The number of aliphatic hydroxyl groups excluding tert-OH is 1. The van der Waals surface area contributed by atoms with Gasteiger partial charge < -0.3 is 15.7 Å². The molecule has 0 aromatic heterocycles. The summed E-state index contributed by atoms with van der Waals surface area (Å²) in [4.78, 5) is 35.3. The van der Waals surface area contributed by atoms with Crippen LogP contribution < -0.4 is 11.1 Å². The molecule has 0 aliphatic carbocycles. The minimum atomic E-state index is -1.07. The maximum Gasteiger partial charge on any atom is 0.254 e. The molecule has 112 valence electrons. The number of aliphatic hydroxyl groups is 1. The number of benzene rings is 1. The maximum absolute atomic E-state index is 12.3. The van der Waals surface area contributed by atoms with Crippen molar-refractivity contribution in [3.63, 3.8) is 0 Å². The smallest absolute Gasteiger partial charge is 0.254 e. The van der Waals surface area contributed by atoms with Gasteiger partial charge in [0.05, 0.1) is 18.6 Å². The highest BCUT2D eigenvalue weighted by molar-refractivity contribution is 6.00. The molecule has 0 saturated carbocycles. The molecule has 1 aromatic carbocycles. The van der Waals surface area contributed by atoms with E-state index < -0.39 is 18.1 Å². The Hall–Kier alpha value is -2.41. The van der Waals surface area contributed by atoms with E-state index in [2.05, 4.69) is 0 Å². The summed E-state index contributed by atoms with van der Waals surface area (Å²) in [6.45, 7) is 1.95. The lowest BCUT2D eigenvalue weighted by molar-refractivity contribution is -0.127. The van der Waals surface area contributed by atoms with Crippen LogP contribution in [0, 0.1) is 0 Å². The highest BCUT2D eigenvalue weighted by atomic mass is 16.3. The lowest BCUT2D eigenvalue weighted by Gasteiger charge is -2.28. The molecule has 0 bridgehead atoms. The Balaban J connectivity index is 2.10. The molecule has 0 fully saturated rings. The molecular weight excluding hydrogens is 274 g/mol. The average Bonchev–Trinajstić information content (AvgIpc) is 2.77. The molecule has 2 atom stereocenters. The molecule has 1 heterocycles. The summed E-state index contributed by atoms with van der Waals surface area (Å²) in [6, 6.07) is 4.54. The van der Waals surface area contributed by atoms with Crippen LogP contribution in [0.4, 0.5) is 5.69 Å². The average molecular weight is 291 g/mol. The predicted octanol–water partition coefficient (Wildman–Crippen LogP) is -0.363. The fourth-order valence-corrected chi connectivity index (χ4v) is 2.40. The van der Waals surface area contributed by atoms with E-state index in [1.807, 2.05) is 5.32 Å². The quantitative estimate of drug-likeness (QED) is 0.506. The third-order valence-corrected chi connectivity index (χ3v) is 3.69. The summed E-state index contributed by atoms with van der Waals surface area (Å²) in [5.74, 6) is -0.812. The minimum absolute atomic E-state index is 0.223. The Labute approximate surface area is 121 Å². The van der Waals surface area contributed by atoms with Gasteiger partial charge >= 0.3 is 0 Å². The van der Waals surface area contributed by atoms with Crippen LogP contribution in [0.15, 0.2) is 18.2 Å². The Morgan fingerprint density at radius 3 is 2.90 bits per heavy atom. The van der Waals surface area contributed by atoms with Gasteiger partial charge in [0.2, 0.25) is 12.3 Å². The van der Waals surface area contributed by atoms with Crippen LogP contribution in [-0.2, 0) is 16.1 Å². The van der Waals surface area contributed by atoms with Gasteiger partial charge in [0.1, 0.15) is 0 Å². The Kier molecular flexibility index (Phi) is 4.23. The number of nitrogens with zero attached hydrogens (tertiary/aromatic N) is 1. The standard InChI is InChI=1S/C14H17N3O4/c1-8(12(19)5-13(20)16-7-18)17-6-10-9(14(17)21)3-2-4-11(10)15/h2-4,7-8,12,19H,5-6,15H2,1H3,(H,16,18,20). The number of nitrogens with one attached hydrogen (secondary N) is 1. The summed E-state index contributed by atoms with van der Waals surface area (Å²) >= 11 is 0. The molecule has 7 heteroatoms. The number of hydrogen-bond acceptors (Lipinski definition) is 5. The van der Waals surface area contributed by atoms with Crippen LogP contribution in [0.25, 0.3) is 0 Å². The first-order chi connectivity index (χ1) is 9.95. The highest BCUT2D eigenvalue weighted by Crippen LogP contribution is 2.29. The first kappa shape index (κ1) is 15.0. The van der Waals surface area contributed by atoms with Crippen LogP contribution in [0.3, 0.4) is 0 Å². The lowest BCUT2D eigenvalue weighted by Crippen LogP contribution is -2.43. The second kappa shape index (κ2) is 5.92. The zero-order valence-corrected chi connectivity index (χ0v) is 11.6. The van der Waals surface area contributed by atoms with E-state index in [4.69, 9.17) is 5.73 Å². The normalized spacial score (nSPS) is 16.3. The topological polar surface area (TPSA) is 113 Å². The molecule has 0 spiro atoms. The molecule has 2 unspecified atom stereocenters. The van der Waals surface area contributed by atoms with Crippen LogP contribution >= 0.6 is 0 Å². The van der Waals surface area contributed by atoms with Crippen molar-refractivity contribution in [1.82, 2.24) is 10.2 Å². The third-order valence-electron chi connectivity index (χ3n) is 3.69. The highest BCUT2D eigenvalue weighted by Gasteiger charge is 2.35. The second-order valence-electron chi connectivity index (χ2n) is 5.00. The van der Waals surface area contributed by atoms with Gasteiger partial charge in [-0.2, -0.15) is 0 Å². The minimum Gasteiger partial charge on any atom is -0.398 e. The van der Waals surface area contributed by atoms with Crippen molar-refractivity contribution in [3.05, 3.63) is 29.3 Å². The van der Waals surface area contributed by atoms with Gasteiger partial charge in [0, 0.05) is 23.4 Å². The number of nitrogen functional groups attached to an aromatic ring is 1.